The number of hydrogen-bond acceptors (Lipinski definition) is 5. The number of pyridine rings is 1. The van der Waals surface area contributed by atoms with Gasteiger partial charge >= 0.3 is 0 Å². The van der Waals surface area contributed by atoms with Gasteiger partial charge in [0.05, 0.1) is 11.4 Å². The number of thioether (sulfide) groups is 1. The van der Waals surface area contributed by atoms with E-state index in [0.29, 0.717) is 5.75 Å². The van der Waals surface area contributed by atoms with Crippen LogP contribution in [0.15, 0.2) is 84.5 Å². The molecule has 1 N–H and O–H groups in total. The molecule has 0 spiro atoms. The molecule has 0 aliphatic carbocycles. The molecule has 0 atom stereocenters. The Labute approximate surface area is 178 Å². The van der Waals surface area contributed by atoms with E-state index in [9.17, 15) is 4.79 Å². The van der Waals surface area contributed by atoms with Gasteiger partial charge in [-0.3, -0.25) is 9.78 Å². The highest BCUT2D eigenvalue weighted by atomic mass is 32.2. The van der Waals surface area contributed by atoms with E-state index in [2.05, 4.69) is 22.4 Å². The Hall–Kier alpha value is -2.96. The molecule has 29 heavy (non-hydrogen) atoms. The summed E-state index contributed by atoms with van der Waals surface area (Å²) in [5, 5.41) is 5.94. The number of benzene rings is 2. The summed E-state index contributed by atoms with van der Waals surface area (Å²) in [6.45, 7) is 0. The lowest BCUT2D eigenvalue weighted by Crippen LogP contribution is -2.14. The number of rotatable bonds is 7. The molecule has 1 amide bonds. The van der Waals surface area contributed by atoms with E-state index in [-0.39, 0.29) is 5.91 Å². The average Bonchev–Trinajstić information content (AvgIpc) is 3.26. The maximum Gasteiger partial charge on any atom is 0.234 e. The average molecular weight is 418 g/mol. The van der Waals surface area contributed by atoms with Crippen LogP contribution in [0.25, 0.3) is 21.8 Å². The number of thiazole rings is 1. The van der Waals surface area contributed by atoms with E-state index in [4.69, 9.17) is 4.98 Å². The fourth-order valence-corrected chi connectivity index (χ4v) is 4.43. The molecule has 0 aliphatic rings. The number of anilines is 1. The third-order valence-corrected chi connectivity index (χ3v) is 6.09. The zero-order chi connectivity index (χ0) is 19.9. The zero-order valence-corrected chi connectivity index (χ0v) is 17.2. The van der Waals surface area contributed by atoms with Crippen molar-refractivity contribution in [3.05, 3.63) is 90.1 Å². The number of carbonyl (C=O) groups is 1. The molecule has 0 radical (unpaired) electrons. The van der Waals surface area contributed by atoms with Crippen molar-refractivity contribution in [2.75, 3.05) is 11.1 Å². The monoisotopic (exact) mass is 417 g/mol. The summed E-state index contributed by atoms with van der Waals surface area (Å²) < 4.78 is 0. The van der Waals surface area contributed by atoms with Crippen LogP contribution in [-0.4, -0.2) is 21.6 Å². The van der Waals surface area contributed by atoms with Gasteiger partial charge in [-0.15, -0.1) is 23.1 Å². The molecule has 4 nitrogen and oxygen atoms in total. The predicted molar refractivity (Wildman–Crippen MR) is 122 cm³/mol. The Balaban J connectivity index is 1.37. The van der Waals surface area contributed by atoms with Crippen molar-refractivity contribution in [1.29, 1.82) is 0 Å². The second-order valence-corrected chi connectivity index (χ2v) is 8.23. The minimum Gasteiger partial charge on any atom is -0.325 e. The van der Waals surface area contributed by atoms with Gasteiger partial charge in [0.25, 0.3) is 0 Å². The fraction of sp³-hybridized carbons (Fsp3) is 0.0870. The van der Waals surface area contributed by atoms with Crippen molar-refractivity contribution < 1.29 is 4.79 Å². The molecular formula is C23H19N3OS2. The summed E-state index contributed by atoms with van der Waals surface area (Å²) in [5.74, 6) is 1.24. The highest BCUT2D eigenvalue weighted by molar-refractivity contribution is 7.99. The molecule has 0 bridgehead atoms. The van der Waals surface area contributed by atoms with Crippen LogP contribution in [0.2, 0.25) is 0 Å². The summed E-state index contributed by atoms with van der Waals surface area (Å²) in [6.07, 6.45) is 3.56. The molecule has 2 heterocycles. The first-order chi connectivity index (χ1) is 14.3. The number of nitrogens with one attached hydrogen (secondary N) is 1. The smallest absolute Gasteiger partial charge is 0.234 e. The van der Waals surface area contributed by atoms with Crippen LogP contribution in [0, 0.1) is 0 Å². The first kappa shape index (κ1) is 19.4. The molecule has 0 unspecified atom stereocenters. The number of aromatic nitrogens is 2. The van der Waals surface area contributed by atoms with Gasteiger partial charge < -0.3 is 5.32 Å². The van der Waals surface area contributed by atoms with E-state index in [1.807, 2.05) is 66.2 Å². The van der Waals surface area contributed by atoms with Crippen molar-refractivity contribution in [3.63, 3.8) is 0 Å². The van der Waals surface area contributed by atoms with Crippen LogP contribution in [0.3, 0.4) is 0 Å². The lowest BCUT2D eigenvalue weighted by Gasteiger charge is -2.07. The van der Waals surface area contributed by atoms with Crippen molar-refractivity contribution in [2.45, 2.75) is 5.75 Å². The summed E-state index contributed by atoms with van der Waals surface area (Å²) in [6, 6.07) is 21.9. The van der Waals surface area contributed by atoms with Crippen molar-refractivity contribution in [2.24, 2.45) is 0 Å². The molecule has 144 valence electrons. The number of hydrogen-bond donors (Lipinski definition) is 1. The molecule has 0 fully saturated rings. The van der Waals surface area contributed by atoms with Crippen LogP contribution >= 0.6 is 23.1 Å². The Bertz CT molecular complexity index is 1080. The number of carbonyl (C=O) groups excluding carboxylic acids is 1. The highest BCUT2D eigenvalue weighted by Gasteiger charge is 2.09. The first-order valence-electron chi connectivity index (χ1n) is 9.16. The van der Waals surface area contributed by atoms with Crippen molar-refractivity contribution in [3.8, 4) is 21.8 Å². The topological polar surface area (TPSA) is 54.9 Å². The maximum atomic E-state index is 12.3. The van der Waals surface area contributed by atoms with Gasteiger partial charge in [-0.2, -0.15) is 0 Å². The second kappa shape index (κ2) is 9.49. The van der Waals surface area contributed by atoms with E-state index in [0.717, 1.165) is 33.3 Å². The fourth-order valence-electron chi connectivity index (χ4n) is 2.82. The standard InChI is InChI=1S/C23H19N3OS2/c27-22(16-28-14-17-6-2-1-3-7-17)25-20-10-4-8-18(12-20)21-15-29-23(26-21)19-9-5-11-24-13-19/h1-13,15H,14,16H2,(H,25,27). The molecule has 2 aromatic heterocycles. The van der Waals surface area contributed by atoms with Gasteiger partial charge in [0.1, 0.15) is 5.01 Å². The van der Waals surface area contributed by atoms with Gasteiger partial charge in [-0.1, -0.05) is 42.5 Å². The SMILES string of the molecule is O=C(CSCc1ccccc1)Nc1cccc(-c2csc(-c3cccnc3)n2)c1. The molecule has 0 saturated heterocycles. The molecule has 6 heteroatoms. The molecule has 0 aliphatic heterocycles. The van der Waals surface area contributed by atoms with E-state index >= 15 is 0 Å². The molecule has 2 aromatic carbocycles. The predicted octanol–water partition coefficient (Wildman–Crippen LogP) is 5.74. The molecule has 0 saturated carbocycles. The van der Waals surface area contributed by atoms with Crippen LogP contribution in [0.5, 0.6) is 0 Å². The lowest BCUT2D eigenvalue weighted by atomic mass is 10.1. The largest absolute Gasteiger partial charge is 0.325 e. The van der Waals surface area contributed by atoms with Gasteiger partial charge in [0.15, 0.2) is 0 Å². The summed E-state index contributed by atoms with van der Waals surface area (Å²) >= 11 is 3.19. The van der Waals surface area contributed by atoms with Gasteiger partial charge in [-0.05, 0) is 29.8 Å². The normalized spacial score (nSPS) is 10.6. The molecular weight excluding hydrogens is 398 g/mol. The summed E-state index contributed by atoms with van der Waals surface area (Å²) in [4.78, 5) is 21.2. The molecule has 4 aromatic rings. The Kier molecular flexibility index (Phi) is 6.34. The van der Waals surface area contributed by atoms with E-state index < -0.39 is 0 Å². The minimum absolute atomic E-state index is 0.00240. The second-order valence-electron chi connectivity index (χ2n) is 6.39. The maximum absolute atomic E-state index is 12.3. The Morgan fingerprint density at radius 2 is 1.86 bits per heavy atom. The van der Waals surface area contributed by atoms with Gasteiger partial charge in [0, 0.05) is 40.3 Å². The zero-order valence-electron chi connectivity index (χ0n) is 15.6. The Morgan fingerprint density at radius 3 is 2.69 bits per heavy atom. The highest BCUT2D eigenvalue weighted by Crippen LogP contribution is 2.29. The number of nitrogens with zero attached hydrogens (tertiary/aromatic N) is 2. The lowest BCUT2D eigenvalue weighted by molar-refractivity contribution is -0.113. The van der Waals surface area contributed by atoms with Gasteiger partial charge in [0.2, 0.25) is 5.91 Å². The first-order valence-corrected chi connectivity index (χ1v) is 11.2. The van der Waals surface area contributed by atoms with Crippen molar-refractivity contribution >= 4 is 34.7 Å². The van der Waals surface area contributed by atoms with E-state index in [1.54, 1.807) is 29.3 Å². The minimum atomic E-state index is -0.00240. The van der Waals surface area contributed by atoms with Crippen LogP contribution in [0.1, 0.15) is 5.56 Å². The number of amides is 1. The summed E-state index contributed by atoms with van der Waals surface area (Å²) in [5.41, 5.74) is 4.88. The van der Waals surface area contributed by atoms with Crippen molar-refractivity contribution in [1.82, 2.24) is 9.97 Å². The van der Waals surface area contributed by atoms with E-state index in [1.165, 1.54) is 5.56 Å². The van der Waals surface area contributed by atoms with Crippen LogP contribution < -0.4 is 5.32 Å². The van der Waals surface area contributed by atoms with Crippen LogP contribution in [-0.2, 0) is 10.5 Å². The summed E-state index contributed by atoms with van der Waals surface area (Å²) in [7, 11) is 0. The van der Waals surface area contributed by atoms with Gasteiger partial charge in [-0.25, -0.2) is 4.98 Å². The molecule has 4 rings (SSSR count). The quantitative estimate of drug-likeness (QED) is 0.416. The Morgan fingerprint density at radius 1 is 1.00 bits per heavy atom. The van der Waals surface area contributed by atoms with Crippen LogP contribution in [0.4, 0.5) is 5.69 Å². The third-order valence-electron chi connectivity index (χ3n) is 4.20. The third kappa shape index (κ3) is 5.31.